The van der Waals surface area contributed by atoms with E-state index in [1.807, 2.05) is 0 Å². The third-order valence-corrected chi connectivity index (χ3v) is 4.09. The van der Waals surface area contributed by atoms with E-state index < -0.39 is 29.9 Å². The molecule has 0 aromatic heterocycles. The number of hydrogen-bond acceptors (Lipinski definition) is 2. The van der Waals surface area contributed by atoms with E-state index in [9.17, 15) is 26.3 Å². The predicted molar refractivity (Wildman–Crippen MR) is 86.0 cm³/mol. The minimum Gasteiger partial charge on any atom is -0.291 e. The van der Waals surface area contributed by atoms with Gasteiger partial charge in [0, 0.05) is 16.9 Å². The van der Waals surface area contributed by atoms with Crippen LogP contribution in [0.2, 0.25) is 0 Å². The quantitative estimate of drug-likeness (QED) is 0.350. The lowest BCUT2D eigenvalue weighted by molar-refractivity contribution is -0.120. The van der Waals surface area contributed by atoms with Crippen LogP contribution in [0.3, 0.4) is 0 Å². The summed E-state index contributed by atoms with van der Waals surface area (Å²) in [6.07, 6.45) is -4.24. The summed E-state index contributed by atoms with van der Waals surface area (Å²) in [4.78, 5) is 1.40. The molecule has 1 nitrogen and oxygen atoms in total. The number of allylic oxidation sites excluding steroid dienone is 3. The molecule has 0 aliphatic heterocycles. The molecule has 0 aromatic rings. The summed E-state index contributed by atoms with van der Waals surface area (Å²) in [5, 5.41) is 0. The molecule has 1 rings (SSSR count). The fourth-order valence-corrected chi connectivity index (χ4v) is 2.92. The van der Waals surface area contributed by atoms with Crippen molar-refractivity contribution in [1.82, 2.24) is 4.90 Å². The van der Waals surface area contributed by atoms with E-state index in [0.29, 0.717) is 13.1 Å². The van der Waals surface area contributed by atoms with E-state index in [2.05, 4.69) is 0 Å². The third-order valence-electron chi connectivity index (χ3n) is 3.80. The fraction of sp³-hybridized carbons (Fsp3) is 0.562. The molecule has 0 spiro atoms. The van der Waals surface area contributed by atoms with Crippen LogP contribution in [0.1, 0.15) is 26.7 Å². The van der Waals surface area contributed by atoms with Crippen LogP contribution in [0.25, 0.3) is 0 Å². The van der Waals surface area contributed by atoms with Crippen LogP contribution in [-0.2, 0) is 0 Å². The highest BCUT2D eigenvalue weighted by Gasteiger charge is 2.42. The molecule has 0 saturated carbocycles. The number of alkyl halides is 6. The highest BCUT2D eigenvalue weighted by Crippen LogP contribution is 2.38. The zero-order valence-electron chi connectivity index (χ0n) is 13.3. The van der Waals surface area contributed by atoms with Crippen LogP contribution in [0.4, 0.5) is 26.3 Å². The van der Waals surface area contributed by atoms with Gasteiger partial charge in [-0.15, -0.1) is 0 Å². The van der Waals surface area contributed by atoms with Gasteiger partial charge in [0.15, 0.2) is 0 Å². The summed E-state index contributed by atoms with van der Waals surface area (Å²) in [5.41, 5.74) is -1.86. The Morgan fingerprint density at radius 3 is 2.25 bits per heavy atom. The van der Waals surface area contributed by atoms with Crippen LogP contribution in [0.15, 0.2) is 36.0 Å². The molecular weight excluding hydrogens is 352 g/mol. The van der Waals surface area contributed by atoms with Crippen molar-refractivity contribution in [1.29, 1.82) is 0 Å². The number of rotatable bonds is 6. The van der Waals surface area contributed by atoms with E-state index in [1.54, 1.807) is 24.8 Å². The number of nitrogens with zero attached hydrogens (tertiary/aromatic N) is 1. The second kappa shape index (κ2) is 7.82. The van der Waals surface area contributed by atoms with Crippen LogP contribution in [-0.4, -0.2) is 40.7 Å². The number of hydrogen-bond donors (Lipinski definition) is 0. The second-order valence-electron chi connectivity index (χ2n) is 5.48. The summed E-state index contributed by atoms with van der Waals surface area (Å²) in [6, 6.07) is 0. The van der Waals surface area contributed by atoms with Crippen LogP contribution < -0.4 is 0 Å². The van der Waals surface area contributed by atoms with Gasteiger partial charge in [-0.1, -0.05) is 50.4 Å². The van der Waals surface area contributed by atoms with Crippen molar-refractivity contribution < 1.29 is 26.3 Å². The minimum atomic E-state index is -4.48. The average Bonchev–Trinajstić information content (AvgIpc) is 2.44. The first-order valence-corrected chi connectivity index (χ1v) is 7.84. The molecule has 1 aliphatic carbocycles. The van der Waals surface area contributed by atoms with Gasteiger partial charge in [-0.05, 0) is 19.2 Å². The summed E-state index contributed by atoms with van der Waals surface area (Å²) in [5.74, 6) is 0. The molecular formula is C16H19F6NS. The lowest BCUT2D eigenvalue weighted by atomic mass is 9.83. The summed E-state index contributed by atoms with van der Waals surface area (Å²) >= 11 is 4.70. The largest absolute Gasteiger partial charge is 0.412 e. The molecule has 8 heteroatoms. The van der Waals surface area contributed by atoms with Crippen molar-refractivity contribution in [2.45, 2.75) is 44.6 Å². The SMILES string of the molecule is CCN(CC)C1(C=CC(=S)CC(F)(F)F)C=CC=C(C(F)(F)F)C1. The average molecular weight is 371 g/mol. The molecule has 0 saturated heterocycles. The first-order chi connectivity index (χ1) is 10.9. The Kier molecular flexibility index (Phi) is 6.81. The lowest BCUT2D eigenvalue weighted by Crippen LogP contribution is -2.47. The van der Waals surface area contributed by atoms with Gasteiger partial charge in [0.25, 0.3) is 0 Å². The molecule has 136 valence electrons. The maximum Gasteiger partial charge on any atom is 0.412 e. The molecule has 1 unspecified atom stereocenters. The zero-order valence-corrected chi connectivity index (χ0v) is 14.2. The summed E-state index contributed by atoms with van der Waals surface area (Å²) < 4.78 is 76.3. The molecule has 0 heterocycles. The number of likely N-dealkylation sites (N-methyl/N-ethyl adjacent to an activating group) is 1. The Hall–Kier alpha value is -1.15. The predicted octanol–water partition coefficient (Wildman–Crippen LogP) is 5.39. The Bertz CT molecular complexity index is 540. The van der Waals surface area contributed by atoms with Crippen molar-refractivity contribution in [3.63, 3.8) is 0 Å². The molecule has 0 amide bonds. The fourth-order valence-electron chi connectivity index (χ4n) is 2.69. The van der Waals surface area contributed by atoms with Crippen LogP contribution in [0, 0.1) is 0 Å². The highest BCUT2D eigenvalue weighted by molar-refractivity contribution is 7.80. The maximum atomic E-state index is 13.1. The topological polar surface area (TPSA) is 3.24 Å². The first kappa shape index (κ1) is 20.9. The third kappa shape index (κ3) is 5.73. The van der Waals surface area contributed by atoms with Crippen LogP contribution in [0.5, 0.6) is 0 Å². The van der Waals surface area contributed by atoms with Crippen LogP contribution >= 0.6 is 12.2 Å². The number of thiocarbonyl (C=S) groups is 1. The van der Waals surface area contributed by atoms with Gasteiger partial charge in [0.2, 0.25) is 0 Å². The van der Waals surface area contributed by atoms with Gasteiger partial charge >= 0.3 is 12.4 Å². The molecule has 0 radical (unpaired) electrons. The highest BCUT2D eigenvalue weighted by atomic mass is 32.1. The minimum absolute atomic E-state index is 0.356. The molecule has 0 N–H and O–H groups in total. The van der Waals surface area contributed by atoms with Gasteiger partial charge in [0.1, 0.15) is 0 Å². The lowest BCUT2D eigenvalue weighted by Gasteiger charge is -2.41. The van der Waals surface area contributed by atoms with Crippen molar-refractivity contribution in [3.05, 3.63) is 36.0 Å². The Morgan fingerprint density at radius 2 is 1.79 bits per heavy atom. The summed E-state index contributed by atoms with van der Waals surface area (Å²) in [6.45, 7) is 4.46. The molecule has 0 aromatic carbocycles. The van der Waals surface area contributed by atoms with E-state index >= 15 is 0 Å². The van der Waals surface area contributed by atoms with E-state index in [0.717, 1.165) is 12.2 Å². The van der Waals surface area contributed by atoms with Crippen molar-refractivity contribution >= 4 is 17.1 Å². The van der Waals surface area contributed by atoms with Gasteiger partial charge in [-0.3, -0.25) is 4.90 Å². The zero-order chi connectivity index (χ0) is 18.6. The Balaban J connectivity index is 3.13. The monoisotopic (exact) mass is 371 g/mol. The Labute approximate surface area is 142 Å². The van der Waals surface area contributed by atoms with Gasteiger partial charge in [-0.2, -0.15) is 26.3 Å². The van der Waals surface area contributed by atoms with E-state index in [4.69, 9.17) is 12.2 Å². The molecule has 0 bridgehead atoms. The Morgan fingerprint density at radius 1 is 1.21 bits per heavy atom. The molecule has 1 aliphatic rings. The van der Waals surface area contributed by atoms with Crippen molar-refractivity contribution in [3.8, 4) is 0 Å². The standard InChI is InChI=1S/C16H19F6NS/c1-3-23(4-2)14(9-7-13(24)11-15(17,18)19)8-5-6-12(10-14)16(20,21)22/h5-9H,3-4,10-11H2,1-2H3. The van der Waals surface area contributed by atoms with Gasteiger partial charge < -0.3 is 0 Å². The first-order valence-electron chi connectivity index (χ1n) is 7.43. The van der Waals surface area contributed by atoms with Gasteiger partial charge in [-0.25, -0.2) is 0 Å². The summed E-state index contributed by atoms with van der Waals surface area (Å²) in [7, 11) is 0. The maximum absolute atomic E-state index is 13.1. The second-order valence-corrected chi connectivity index (χ2v) is 6.01. The smallest absolute Gasteiger partial charge is 0.291 e. The van der Waals surface area contributed by atoms with Gasteiger partial charge in [0.05, 0.1) is 12.0 Å². The normalized spacial score (nSPS) is 22.3. The molecule has 0 fully saturated rings. The van der Waals surface area contributed by atoms with Crippen molar-refractivity contribution in [2.24, 2.45) is 0 Å². The van der Waals surface area contributed by atoms with Crippen molar-refractivity contribution in [2.75, 3.05) is 13.1 Å². The number of halogens is 6. The van der Waals surface area contributed by atoms with E-state index in [-0.39, 0.29) is 11.3 Å². The van der Waals surface area contributed by atoms with E-state index in [1.165, 1.54) is 12.2 Å². The molecule has 1 atom stereocenters. The molecule has 24 heavy (non-hydrogen) atoms.